The van der Waals surface area contributed by atoms with Gasteiger partial charge in [0.15, 0.2) is 3.95 Å². The van der Waals surface area contributed by atoms with E-state index in [1.807, 2.05) is 0 Å². The van der Waals surface area contributed by atoms with Crippen LogP contribution in [0.4, 0.5) is 0 Å². The van der Waals surface area contributed by atoms with Crippen LogP contribution in [-0.4, -0.2) is 11.6 Å². The smallest absolute Gasteiger partial charge is 0.158 e. The molecule has 0 saturated carbocycles. The number of thiazole rings is 1. The van der Waals surface area contributed by atoms with Gasteiger partial charge in [0.25, 0.3) is 0 Å². The Morgan fingerprint density at radius 3 is 3.18 bits per heavy atom. The third-order valence-electron chi connectivity index (χ3n) is 1.82. The van der Waals surface area contributed by atoms with E-state index in [1.165, 1.54) is 6.42 Å². The van der Waals surface area contributed by atoms with Crippen molar-refractivity contribution in [3.8, 4) is 0 Å². The summed E-state index contributed by atoms with van der Waals surface area (Å²) in [6, 6.07) is 0. The number of aromatic nitrogens is 1. The lowest BCUT2D eigenvalue weighted by Gasteiger charge is -2.04. The van der Waals surface area contributed by atoms with E-state index in [1.54, 1.807) is 11.3 Å². The highest BCUT2D eigenvalue weighted by atomic mass is 32.1. The number of ether oxygens (including phenoxy) is 1. The van der Waals surface area contributed by atoms with Gasteiger partial charge in [0, 0.05) is 12.0 Å². The lowest BCUT2D eigenvalue weighted by Crippen LogP contribution is -1.94. The first-order valence-corrected chi connectivity index (χ1v) is 4.94. The van der Waals surface area contributed by atoms with Gasteiger partial charge in [-0.2, -0.15) is 0 Å². The average molecular weight is 187 g/mol. The molecule has 2 heterocycles. The average Bonchev–Trinajstić information content (AvgIpc) is 2.55. The van der Waals surface area contributed by atoms with Crippen LogP contribution in [0.25, 0.3) is 0 Å². The zero-order chi connectivity index (χ0) is 7.68. The standard InChI is InChI=1S/C7H9NOS2/c10-7-8-5(4-11-7)6-2-1-3-9-6/h4,6H,1-3H2,(H,8,10). The Morgan fingerprint density at radius 2 is 2.64 bits per heavy atom. The van der Waals surface area contributed by atoms with Crippen LogP contribution in [0, 0.1) is 3.95 Å². The monoisotopic (exact) mass is 187 g/mol. The molecule has 1 atom stereocenters. The minimum Gasteiger partial charge on any atom is -0.372 e. The predicted octanol–water partition coefficient (Wildman–Crippen LogP) is 2.66. The Hall–Kier alpha value is -0.190. The van der Waals surface area contributed by atoms with Gasteiger partial charge >= 0.3 is 0 Å². The summed E-state index contributed by atoms with van der Waals surface area (Å²) in [6.45, 7) is 0.890. The van der Waals surface area contributed by atoms with Crippen LogP contribution in [0.15, 0.2) is 5.38 Å². The maximum atomic E-state index is 5.48. The second-order valence-corrected chi connectivity index (χ2v) is 4.15. The molecule has 1 fully saturated rings. The molecule has 4 heteroatoms. The Balaban J connectivity index is 2.21. The van der Waals surface area contributed by atoms with E-state index in [2.05, 4.69) is 10.4 Å². The molecule has 0 aromatic carbocycles. The summed E-state index contributed by atoms with van der Waals surface area (Å²) >= 11 is 6.55. The van der Waals surface area contributed by atoms with Crippen LogP contribution in [0.3, 0.4) is 0 Å². The molecule has 11 heavy (non-hydrogen) atoms. The second-order valence-electron chi connectivity index (χ2n) is 2.61. The van der Waals surface area contributed by atoms with E-state index >= 15 is 0 Å². The van der Waals surface area contributed by atoms with Gasteiger partial charge < -0.3 is 9.72 Å². The van der Waals surface area contributed by atoms with Gasteiger partial charge in [0.2, 0.25) is 0 Å². The third kappa shape index (κ3) is 1.52. The second kappa shape index (κ2) is 3.05. The van der Waals surface area contributed by atoms with Crippen molar-refractivity contribution >= 4 is 23.6 Å². The summed E-state index contributed by atoms with van der Waals surface area (Å²) in [4.78, 5) is 3.13. The van der Waals surface area contributed by atoms with Crippen molar-refractivity contribution in [2.75, 3.05) is 6.61 Å². The Morgan fingerprint density at radius 1 is 1.73 bits per heavy atom. The summed E-state index contributed by atoms with van der Waals surface area (Å²) in [7, 11) is 0. The van der Waals surface area contributed by atoms with Gasteiger partial charge in [-0.15, -0.1) is 11.3 Å². The lowest BCUT2D eigenvalue weighted by molar-refractivity contribution is 0.109. The fourth-order valence-corrected chi connectivity index (χ4v) is 2.16. The van der Waals surface area contributed by atoms with E-state index in [-0.39, 0.29) is 6.10 Å². The number of hydrogen-bond donors (Lipinski definition) is 1. The van der Waals surface area contributed by atoms with Crippen LogP contribution in [-0.2, 0) is 4.74 Å². The predicted molar refractivity (Wildman–Crippen MR) is 47.4 cm³/mol. The van der Waals surface area contributed by atoms with Gasteiger partial charge in [-0.25, -0.2) is 0 Å². The van der Waals surface area contributed by atoms with Gasteiger partial charge in [-0.1, -0.05) is 0 Å². The summed E-state index contributed by atoms with van der Waals surface area (Å²) < 4.78 is 6.32. The van der Waals surface area contributed by atoms with Gasteiger partial charge in [-0.3, -0.25) is 0 Å². The molecule has 2 nitrogen and oxygen atoms in total. The normalized spacial score (nSPS) is 24.2. The van der Waals surface area contributed by atoms with Crippen LogP contribution in [0.2, 0.25) is 0 Å². The van der Waals surface area contributed by atoms with Crippen molar-refractivity contribution in [1.82, 2.24) is 4.98 Å². The van der Waals surface area contributed by atoms with Crippen molar-refractivity contribution in [3.05, 3.63) is 15.0 Å². The lowest BCUT2D eigenvalue weighted by atomic mass is 10.2. The van der Waals surface area contributed by atoms with Crippen molar-refractivity contribution < 1.29 is 4.74 Å². The van der Waals surface area contributed by atoms with Crippen LogP contribution in [0.1, 0.15) is 24.6 Å². The largest absolute Gasteiger partial charge is 0.372 e. The molecule has 1 aliphatic rings. The summed E-state index contributed by atoms with van der Waals surface area (Å²) in [5.41, 5.74) is 1.15. The maximum Gasteiger partial charge on any atom is 0.158 e. The van der Waals surface area contributed by atoms with Crippen molar-refractivity contribution in [2.24, 2.45) is 0 Å². The number of nitrogens with one attached hydrogen (secondary N) is 1. The molecule has 2 rings (SSSR count). The highest BCUT2D eigenvalue weighted by Crippen LogP contribution is 2.28. The highest BCUT2D eigenvalue weighted by Gasteiger charge is 2.18. The molecule has 0 bridgehead atoms. The molecular formula is C7H9NOS2. The fourth-order valence-electron chi connectivity index (χ4n) is 1.27. The van der Waals surface area contributed by atoms with Crippen molar-refractivity contribution in [3.63, 3.8) is 0 Å². The molecule has 1 N–H and O–H groups in total. The number of hydrogen-bond acceptors (Lipinski definition) is 3. The highest BCUT2D eigenvalue weighted by molar-refractivity contribution is 7.73. The Bertz CT molecular complexity index is 285. The molecule has 0 amide bonds. The minimum atomic E-state index is 0.281. The van der Waals surface area contributed by atoms with Crippen LogP contribution >= 0.6 is 23.6 Å². The Labute approximate surface area is 74.2 Å². The molecular weight excluding hydrogens is 178 g/mol. The van der Waals surface area contributed by atoms with Crippen LogP contribution in [0.5, 0.6) is 0 Å². The van der Waals surface area contributed by atoms with E-state index in [0.717, 1.165) is 22.7 Å². The van der Waals surface area contributed by atoms with Gasteiger partial charge in [0.1, 0.15) is 0 Å². The van der Waals surface area contributed by atoms with E-state index in [0.29, 0.717) is 0 Å². The molecule has 60 valence electrons. The Kier molecular flexibility index (Phi) is 2.07. The number of aromatic amines is 1. The zero-order valence-corrected chi connectivity index (χ0v) is 7.63. The number of rotatable bonds is 1. The first kappa shape index (κ1) is 7.46. The van der Waals surface area contributed by atoms with E-state index < -0.39 is 0 Å². The molecule has 1 aromatic rings. The summed E-state index contributed by atoms with van der Waals surface area (Å²) in [5, 5.41) is 2.05. The van der Waals surface area contributed by atoms with E-state index in [4.69, 9.17) is 17.0 Å². The molecule has 1 unspecified atom stereocenters. The first-order chi connectivity index (χ1) is 5.36. The van der Waals surface area contributed by atoms with Gasteiger partial charge in [-0.05, 0) is 25.1 Å². The van der Waals surface area contributed by atoms with Gasteiger partial charge in [0.05, 0.1) is 11.8 Å². The molecule has 0 spiro atoms. The van der Waals surface area contributed by atoms with E-state index in [9.17, 15) is 0 Å². The fraction of sp³-hybridized carbons (Fsp3) is 0.571. The molecule has 0 radical (unpaired) electrons. The SMILES string of the molecule is S=c1[nH]c(C2CCCO2)cs1. The molecule has 1 aliphatic heterocycles. The summed E-state index contributed by atoms with van der Waals surface area (Å²) in [5.74, 6) is 0. The number of H-pyrrole nitrogens is 1. The first-order valence-electron chi connectivity index (χ1n) is 3.65. The quantitative estimate of drug-likeness (QED) is 0.684. The molecule has 1 saturated heterocycles. The maximum absolute atomic E-state index is 5.48. The molecule has 0 aliphatic carbocycles. The summed E-state index contributed by atoms with van der Waals surface area (Å²) in [6.07, 6.45) is 2.58. The van der Waals surface area contributed by atoms with Crippen LogP contribution < -0.4 is 0 Å². The van der Waals surface area contributed by atoms with Crippen molar-refractivity contribution in [1.29, 1.82) is 0 Å². The molecule has 1 aromatic heterocycles. The minimum absolute atomic E-state index is 0.281. The third-order valence-corrected chi connectivity index (χ3v) is 2.89. The topological polar surface area (TPSA) is 25.0 Å². The zero-order valence-electron chi connectivity index (χ0n) is 6.00. The van der Waals surface area contributed by atoms with Crippen molar-refractivity contribution in [2.45, 2.75) is 18.9 Å².